The lowest BCUT2D eigenvalue weighted by Gasteiger charge is -2.41. The molecular weight excluding hydrogens is 352 g/mol. The zero-order valence-electron chi connectivity index (χ0n) is 17.2. The van der Waals surface area contributed by atoms with Crippen molar-refractivity contribution in [1.29, 1.82) is 0 Å². The van der Waals surface area contributed by atoms with E-state index in [1.807, 2.05) is 24.3 Å². The van der Waals surface area contributed by atoms with Gasteiger partial charge in [0, 0.05) is 25.4 Å². The Balaban J connectivity index is 1.56. The lowest BCUT2D eigenvalue weighted by molar-refractivity contribution is -0.124. The summed E-state index contributed by atoms with van der Waals surface area (Å²) in [4.78, 5) is 17.0. The monoisotopic (exact) mass is 386 g/mol. The van der Waals surface area contributed by atoms with Gasteiger partial charge in [0.2, 0.25) is 0 Å². The van der Waals surface area contributed by atoms with Crippen molar-refractivity contribution < 1.29 is 9.53 Å². The second-order valence-corrected chi connectivity index (χ2v) is 7.95. The Hall–Kier alpha value is -2.08. The zero-order chi connectivity index (χ0) is 19.8. The third-order valence-electron chi connectivity index (χ3n) is 5.98. The first-order valence-corrected chi connectivity index (χ1v) is 10.7. The van der Waals surface area contributed by atoms with Gasteiger partial charge in [-0.15, -0.1) is 0 Å². The number of hydrogen-bond acceptors (Lipinski definition) is 3. The molecule has 6 nitrogen and oxygen atoms in total. The van der Waals surface area contributed by atoms with Crippen LogP contribution in [0.25, 0.3) is 0 Å². The SMILES string of the molecule is CCNC(=NCc1cccc(NC(=O)C2CCCO2)c1)NCC1(CC)CCC1. The molecule has 3 N–H and O–H groups in total. The van der Waals surface area contributed by atoms with E-state index in [0.717, 1.165) is 43.1 Å². The van der Waals surface area contributed by atoms with Gasteiger partial charge in [0.1, 0.15) is 6.10 Å². The molecule has 1 saturated carbocycles. The van der Waals surface area contributed by atoms with E-state index in [1.54, 1.807) is 0 Å². The number of anilines is 1. The lowest BCUT2D eigenvalue weighted by Crippen LogP contribution is -2.46. The first kappa shape index (κ1) is 20.6. The van der Waals surface area contributed by atoms with E-state index >= 15 is 0 Å². The topological polar surface area (TPSA) is 74.8 Å². The van der Waals surface area contributed by atoms with Crippen molar-refractivity contribution in [2.45, 2.75) is 65.0 Å². The van der Waals surface area contributed by atoms with Crippen LogP contribution in [0.2, 0.25) is 0 Å². The third-order valence-corrected chi connectivity index (χ3v) is 5.98. The van der Waals surface area contributed by atoms with Crippen molar-refractivity contribution in [2.24, 2.45) is 10.4 Å². The number of aliphatic imine (C=N–C) groups is 1. The summed E-state index contributed by atoms with van der Waals surface area (Å²) in [6.45, 7) is 7.42. The standard InChI is InChI=1S/C22H34N4O2/c1-3-22(11-7-12-22)16-25-21(23-4-2)24-15-17-8-5-9-18(14-17)26-20(27)19-10-6-13-28-19/h5,8-9,14,19H,3-4,6-7,10-13,15-16H2,1-2H3,(H,26,27)(H2,23,24,25). The van der Waals surface area contributed by atoms with E-state index in [0.29, 0.717) is 18.6 Å². The smallest absolute Gasteiger partial charge is 0.253 e. The Morgan fingerprint density at radius 3 is 2.75 bits per heavy atom. The van der Waals surface area contributed by atoms with Gasteiger partial charge < -0.3 is 20.7 Å². The molecule has 1 aromatic carbocycles. The minimum atomic E-state index is -0.316. The van der Waals surface area contributed by atoms with Crippen LogP contribution in [0.3, 0.4) is 0 Å². The number of carbonyl (C=O) groups is 1. The predicted molar refractivity (Wildman–Crippen MR) is 113 cm³/mol. The summed E-state index contributed by atoms with van der Waals surface area (Å²) >= 11 is 0. The highest BCUT2D eigenvalue weighted by Crippen LogP contribution is 2.42. The maximum Gasteiger partial charge on any atom is 0.253 e. The number of amides is 1. The molecule has 1 aliphatic carbocycles. The van der Waals surface area contributed by atoms with Gasteiger partial charge in [0.05, 0.1) is 6.54 Å². The summed E-state index contributed by atoms with van der Waals surface area (Å²) in [5, 5.41) is 9.82. The maximum atomic E-state index is 12.2. The second-order valence-electron chi connectivity index (χ2n) is 7.95. The quantitative estimate of drug-likeness (QED) is 0.473. The fraction of sp³-hybridized carbons (Fsp3) is 0.636. The fourth-order valence-electron chi connectivity index (χ4n) is 3.87. The van der Waals surface area contributed by atoms with Gasteiger partial charge in [-0.3, -0.25) is 4.79 Å². The number of carbonyl (C=O) groups excluding carboxylic acids is 1. The van der Waals surface area contributed by atoms with Gasteiger partial charge in [-0.2, -0.15) is 0 Å². The molecule has 2 aliphatic rings. The number of ether oxygens (including phenoxy) is 1. The molecule has 1 aliphatic heterocycles. The summed E-state index contributed by atoms with van der Waals surface area (Å²) in [7, 11) is 0. The van der Waals surface area contributed by atoms with E-state index in [4.69, 9.17) is 9.73 Å². The highest BCUT2D eigenvalue weighted by molar-refractivity contribution is 5.94. The molecule has 1 amide bonds. The first-order valence-electron chi connectivity index (χ1n) is 10.7. The van der Waals surface area contributed by atoms with E-state index in [9.17, 15) is 4.79 Å². The van der Waals surface area contributed by atoms with Gasteiger partial charge in [0.15, 0.2) is 5.96 Å². The van der Waals surface area contributed by atoms with E-state index in [2.05, 4.69) is 29.8 Å². The van der Waals surface area contributed by atoms with Crippen LogP contribution >= 0.6 is 0 Å². The molecule has 1 unspecified atom stereocenters. The van der Waals surface area contributed by atoms with Gasteiger partial charge in [-0.25, -0.2) is 4.99 Å². The molecule has 28 heavy (non-hydrogen) atoms. The predicted octanol–water partition coefficient (Wildman–Crippen LogP) is 3.44. The van der Waals surface area contributed by atoms with Crippen molar-refractivity contribution in [2.75, 3.05) is 25.0 Å². The Morgan fingerprint density at radius 2 is 2.11 bits per heavy atom. The van der Waals surface area contributed by atoms with E-state index in [1.165, 1.54) is 25.7 Å². The van der Waals surface area contributed by atoms with E-state index < -0.39 is 0 Å². The van der Waals surface area contributed by atoms with Crippen molar-refractivity contribution >= 4 is 17.6 Å². The Labute approximate surface area is 168 Å². The number of rotatable bonds is 8. The molecule has 0 bridgehead atoms. The minimum absolute atomic E-state index is 0.0569. The summed E-state index contributed by atoms with van der Waals surface area (Å²) in [5.74, 6) is 0.800. The fourth-order valence-corrected chi connectivity index (χ4v) is 3.87. The molecule has 3 rings (SSSR count). The van der Waals surface area contributed by atoms with Crippen LogP contribution in [0.4, 0.5) is 5.69 Å². The molecule has 0 radical (unpaired) electrons. The van der Waals surface area contributed by atoms with Gasteiger partial charge in [0.25, 0.3) is 5.91 Å². The van der Waals surface area contributed by atoms with Crippen LogP contribution < -0.4 is 16.0 Å². The minimum Gasteiger partial charge on any atom is -0.368 e. The van der Waals surface area contributed by atoms with Crippen LogP contribution in [0, 0.1) is 5.41 Å². The van der Waals surface area contributed by atoms with Crippen molar-refractivity contribution in [3.63, 3.8) is 0 Å². The van der Waals surface area contributed by atoms with Crippen molar-refractivity contribution in [3.8, 4) is 0 Å². The van der Waals surface area contributed by atoms with E-state index in [-0.39, 0.29) is 12.0 Å². The molecule has 1 saturated heterocycles. The molecule has 1 aromatic rings. The summed E-state index contributed by atoms with van der Waals surface area (Å²) in [5.41, 5.74) is 2.31. The normalized spacial score (nSPS) is 21.1. The summed E-state index contributed by atoms with van der Waals surface area (Å²) < 4.78 is 5.45. The lowest BCUT2D eigenvalue weighted by atomic mass is 9.67. The molecular formula is C22H34N4O2. The Morgan fingerprint density at radius 1 is 1.25 bits per heavy atom. The number of hydrogen-bond donors (Lipinski definition) is 3. The second kappa shape index (κ2) is 9.92. The molecule has 0 aromatic heterocycles. The highest BCUT2D eigenvalue weighted by Gasteiger charge is 2.34. The average Bonchev–Trinajstić information content (AvgIpc) is 3.21. The van der Waals surface area contributed by atoms with Crippen LogP contribution in [0.15, 0.2) is 29.3 Å². The average molecular weight is 387 g/mol. The molecule has 6 heteroatoms. The third kappa shape index (κ3) is 5.47. The number of nitrogens with one attached hydrogen (secondary N) is 3. The number of nitrogens with zero attached hydrogens (tertiary/aromatic N) is 1. The van der Waals surface area contributed by atoms with Crippen LogP contribution in [0.1, 0.15) is 57.9 Å². The molecule has 1 atom stereocenters. The van der Waals surface area contributed by atoms with Crippen LogP contribution in [-0.4, -0.2) is 37.7 Å². The number of benzene rings is 1. The zero-order valence-corrected chi connectivity index (χ0v) is 17.2. The molecule has 2 fully saturated rings. The van der Waals surface area contributed by atoms with Crippen molar-refractivity contribution in [1.82, 2.24) is 10.6 Å². The number of guanidine groups is 1. The van der Waals surface area contributed by atoms with Crippen LogP contribution in [-0.2, 0) is 16.1 Å². The van der Waals surface area contributed by atoms with Crippen molar-refractivity contribution in [3.05, 3.63) is 29.8 Å². The molecule has 154 valence electrons. The van der Waals surface area contributed by atoms with Gasteiger partial charge >= 0.3 is 0 Å². The highest BCUT2D eigenvalue weighted by atomic mass is 16.5. The Kier molecular flexibility index (Phi) is 7.31. The van der Waals surface area contributed by atoms with Gasteiger partial charge in [-0.1, -0.05) is 25.5 Å². The van der Waals surface area contributed by atoms with Crippen LogP contribution in [0.5, 0.6) is 0 Å². The first-order chi connectivity index (χ1) is 13.6. The van der Waals surface area contributed by atoms with Gasteiger partial charge in [-0.05, 0) is 62.1 Å². The maximum absolute atomic E-state index is 12.2. The molecule has 0 spiro atoms. The Bertz CT molecular complexity index is 673. The summed E-state index contributed by atoms with van der Waals surface area (Å²) in [6.07, 6.45) is 6.60. The summed E-state index contributed by atoms with van der Waals surface area (Å²) in [6, 6.07) is 7.88. The largest absolute Gasteiger partial charge is 0.368 e. The molecule has 1 heterocycles.